The number of hydrogen-bond acceptors (Lipinski definition) is 0. The van der Waals surface area contributed by atoms with Crippen molar-refractivity contribution in [2.24, 2.45) is 0 Å². The van der Waals surface area contributed by atoms with E-state index in [4.69, 9.17) is 0 Å². The molecule has 0 aromatic heterocycles. The molecule has 7 rings (SSSR count). The second kappa shape index (κ2) is 9.01. The standard InChI is InChI=1S/C38H28/c1-25-10-3-6-15-32(25)33-16-9-17-34(26(33)2)36-19-8-14-30-23-37-29(24-38(30)36)13-7-18-35(37)31-21-20-27-11-4-5-12-28(27)22-31/h3-24H,1-2H3. The fourth-order valence-corrected chi connectivity index (χ4v) is 5.99. The molecule has 180 valence electrons. The lowest BCUT2D eigenvalue weighted by Crippen LogP contribution is -1.91. The van der Waals surface area contributed by atoms with Gasteiger partial charge in [-0.05, 0) is 109 Å². The minimum absolute atomic E-state index is 1.26. The fraction of sp³-hybridized carbons (Fsp3) is 0.0526. The third-order valence-electron chi connectivity index (χ3n) is 8.00. The molecule has 0 amide bonds. The summed E-state index contributed by atoms with van der Waals surface area (Å²) >= 11 is 0. The maximum Gasteiger partial charge on any atom is -0.00989 e. The van der Waals surface area contributed by atoms with E-state index in [1.165, 1.54) is 76.8 Å². The molecule has 0 saturated carbocycles. The normalized spacial score (nSPS) is 11.4. The Bertz CT molecular complexity index is 1990. The van der Waals surface area contributed by atoms with Crippen LogP contribution in [-0.4, -0.2) is 0 Å². The van der Waals surface area contributed by atoms with E-state index in [2.05, 4.69) is 147 Å². The Morgan fingerprint density at radius 1 is 0.342 bits per heavy atom. The highest BCUT2D eigenvalue weighted by Crippen LogP contribution is 2.39. The summed E-state index contributed by atoms with van der Waals surface area (Å²) in [7, 11) is 0. The molecule has 0 aliphatic carbocycles. The summed E-state index contributed by atoms with van der Waals surface area (Å²) < 4.78 is 0. The lowest BCUT2D eigenvalue weighted by molar-refractivity contribution is 1.41. The Labute approximate surface area is 223 Å². The summed E-state index contributed by atoms with van der Waals surface area (Å²) in [5.74, 6) is 0. The Kier molecular flexibility index (Phi) is 5.34. The van der Waals surface area contributed by atoms with Gasteiger partial charge in [-0.15, -0.1) is 0 Å². The number of rotatable bonds is 3. The van der Waals surface area contributed by atoms with Gasteiger partial charge in [0.15, 0.2) is 0 Å². The number of benzene rings is 7. The zero-order valence-corrected chi connectivity index (χ0v) is 21.7. The van der Waals surface area contributed by atoms with Crippen LogP contribution in [0.15, 0.2) is 133 Å². The molecule has 0 aliphatic rings. The average Bonchev–Trinajstić information content (AvgIpc) is 2.96. The molecular formula is C38H28. The number of hydrogen-bond donors (Lipinski definition) is 0. The largest absolute Gasteiger partial charge is 0.0620 e. The maximum absolute atomic E-state index is 2.38. The van der Waals surface area contributed by atoms with Crippen molar-refractivity contribution in [1.82, 2.24) is 0 Å². The molecule has 0 heteroatoms. The molecule has 0 atom stereocenters. The van der Waals surface area contributed by atoms with Gasteiger partial charge in [-0.1, -0.05) is 115 Å². The minimum atomic E-state index is 1.26. The zero-order valence-electron chi connectivity index (χ0n) is 21.7. The van der Waals surface area contributed by atoms with Gasteiger partial charge in [0.2, 0.25) is 0 Å². The highest BCUT2D eigenvalue weighted by atomic mass is 14.2. The predicted octanol–water partition coefficient (Wildman–Crippen LogP) is 10.8. The summed E-state index contributed by atoms with van der Waals surface area (Å²) in [6.45, 7) is 4.45. The van der Waals surface area contributed by atoms with E-state index in [1.54, 1.807) is 0 Å². The van der Waals surface area contributed by atoms with Gasteiger partial charge in [-0.3, -0.25) is 0 Å². The first-order chi connectivity index (χ1) is 18.7. The Morgan fingerprint density at radius 3 is 1.63 bits per heavy atom. The SMILES string of the molecule is Cc1ccccc1-c1cccc(-c2cccc3cc4c(-c5ccc6ccccc6c5)cccc4cc23)c1C. The van der Waals surface area contributed by atoms with Crippen molar-refractivity contribution in [3.63, 3.8) is 0 Å². The first kappa shape index (κ1) is 22.5. The van der Waals surface area contributed by atoms with Gasteiger partial charge in [0, 0.05) is 0 Å². The number of fused-ring (bicyclic) bond motifs is 3. The van der Waals surface area contributed by atoms with Gasteiger partial charge < -0.3 is 0 Å². The van der Waals surface area contributed by atoms with Crippen LogP contribution in [0.4, 0.5) is 0 Å². The van der Waals surface area contributed by atoms with Crippen molar-refractivity contribution >= 4 is 32.3 Å². The van der Waals surface area contributed by atoms with Crippen LogP contribution >= 0.6 is 0 Å². The van der Waals surface area contributed by atoms with Crippen molar-refractivity contribution in [2.45, 2.75) is 13.8 Å². The number of aryl methyl sites for hydroxylation is 1. The van der Waals surface area contributed by atoms with E-state index in [1.807, 2.05) is 0 Å². The van der Waals surface area contributed by atoms with Gasteiger partial charge in [0.1, 0.15) is 0 Å². The van der Waals surface area contributed by atoms with Crippen LogP contribution in [0.5, 0.6) is 0 Å². The molecular weight excluding hydrogens is 456 g/mol. The van der Waals surface area contributed by atoms with Gasteiger partial charge in [-0.25, -0.2) is 0 Å². The Hall–Kier alpha value is -4.68. The van der Waals surface area contributed by atoms with Crippen molar-refractivity contribution in [2.75, 3.05) is 0 Å². The minimum Gasteiger partial charge on any atom is -0.0620 e. The molecule has 0 saturated heterocycles. The van der Waals surface area contributed by atoms with E-state index in [0.717, 1.165) is 0 Å². The summed E-state index contributed by atoms with van der Waals surface area (Å²) in [5.41, 5.74) is 10.3. The van der Waals surface area contributed by atoms with E-state index < -0.39 is 0 Å². The van der Waals surface area contributed by atoms with Crippen molar-refractivity contribution < 1.29 is 0 Å². The summed E-state index contributed by atoms with van der Waals surface area (Å²) in [4.78, 5) is 0. The maximum atomic E-state index is 2.38. The van der Waals surface area contributed by atoms with Crippen LogP contribution in [0.1, 0.15) is 11.1 Å². The van der Waals surface area contributed by atoms with E-state index in [9.17, 15) is 0 Å². The highest BCUT2D eigenvalue weighted by Gasteiger charge is 2.13. The van der Waals surface area contributed by atoms with E-state index >= 15 is 0 Å². The molecule has 0 heterocycles. The van der Waals surface area contributed by atoms with Crippen molar-refractivity contribution in [3.05, 3.63) is 145 Å². The second-order valence-corrected chi connectivity index (χ2v) is 10.3. The monoisotopic (exact) mass is 484 g/mol. The third-order valence-corrected chi connectivity index (χ3v) is 8.00. The summed E-state index contributed by atoms with van der Waals surface area (Å²) in [5, 5.41) is 7.66. The average molecular weight is 485 g/mol. The van der Waals surface area contributed by atoms with Crippen LogP contribution in [0.3, 0.4) is 0 Å². The second-order valence-electron chi connectivity index (χ2n) is 10.3. The molecule has 7 aromatic rings. The Balaban J connectivity index is 1.42. The molecule has 7 aromatic carbocycles. The molecule has 38 heavy (non-hydrogen) atoms. The van der Waals surface area contributed by atoms with E-state index in [-0.39, 0.29) is 0 Å². The molecule has 0 aliphatic heterocycles. The molecule has 0 unspecified atom stereocenters. The van der Waals surface area contributed by atoms with Crippen LogP contribution in [-0.2, 0) is 0 Å². The first-order valence-corrected chi connectivity index (χ1v) is 13.3. The molecule has 0 spiro atoms. The quantitative estimate of drug-likeness (QED) is 0.219. The lowest BCUT2D eigenvalue weighted by atomic mass is 9.88. The lowest BCUT2D eigenvalue weighted by Gasteiger charge is -2.16. The summed E-state index contributed by atoms with van der Waals surface area (Å²) in [6.07, 6.45) is 0. The third kappa shape index (κ3) is 3.69. The van der Waals surface area contributed by atoms with Crippen LogP contribution < -0.4 is 0 Å². The van der Waals surface area contributed by atoms with Crippen LogP contribution in [0, 0.1) is 13.8 Å². The van der Waals surface area contributed by atoms with Crippen molar-refractivity contribution in [1.29, 1.82) is 0 Å². The molecule has 0 radical (unpaired) electrons. The van der Waals surface area contributed by atoms with Gasteiger partial charge in [0.05, 0.1) is 0 Å². The van der Waals surface area contributed by atoms with Gasteiger partial charge >= 0.3 is 0 Å². The Morgan fingerprint density at radius 2 is 0.868 bits per heavy atom. The smallest absolute Gasteiger partial charge is 0.00989 e. The molecule has 0 nitrogen and oxygen atoms in total. The fourth-order valence-electron chi connectivity index (χ4n) is 5.99. The summed E-state index contributed by atoms with van der Waals surface area (Å²) in [6, 6.07) is 48.9. The van der Waals surface area contributed by atoms with E-state index in [0.29, 0.717) is 0 Å². The topological polar surface area (TPSA) is 0 Å². The van der Waals surface area contributed by atoms with Gasteiger partial charge in [0.25, 0.3) is 0 Å². The van der Waals surface area contributed by atoms with Crippen LogP contribution in [0.2, 0.25) is 0 Å². The predicted molar refractivity (Wildman–Crippen MR) is 165 cm³/mol. The molecule has 0 fully saturated rings. The zero-order chi connectivity index (χ0) is 25.6. The van der Waals surface area contributed by atoms with Gasteiger partial charge in [-0.2, -0.15) is 0 Å². The highest BCUT2D eigenvalue weighted by molar-refractivity contribution is 6.10. The van der Waals surface area contributed by atoms with Crippen LogP contribution in [0.25, 0.3) is 65.7 Å². The molecule has 0 N–H and O–H groups in total. The molecule has 0 bridgehead atoms. The van der Waals surface area contributed by atoms with Crippen molar-refractivity contribution in [3.8, 4) is 33.4 Å². The first-order valence-electron chi connectivity index (χ1n) is 13.3.